The van der Waals surface area contributed by atoms with Gasteiger partial charge in [-0.2, -0.15) is 0 Å². The second kappa shape index (κ2) is 14.9. The Morgan fingerprint density at radius 1 is 0.638 bits per heavy atom. The van der Waals surface area contributed by atoms with Crippen LogP contribution in [-0.2, 0) is 10.0 Å². The molecule has 4 aromatic carbocycles. The number of hydrogen-bond donors (Lipinski definition) is 1. The number of aryl methyl sites for hydroxylation is 1. The van der Waals surface area contributed by atoms with Gasteiger partial charge in [0.05, 0.1) is 29.5 Å². The molecule has 0 saturated carbocycles. The molecule has 9 nitrogen and oxygen atoms in total. The molecular formula is C35H33Cl2N5O4S. The van der Waals surface area contributed by atoms with E-state index in [2.05, 4.69) is 41.2 Å². The number of ether oxygens (including phenoxy) is 2. The Bertz CT molecular complexity index is 2040. The molecule has 0 amide bonds. The van der Waals surface area contributed by atoms with E-state index in [9.17, 15) is 8.42 Å². The Morgan fingerprint density at radius 2 is 1.02 bits per heavy atom. The topological polar surface area (TPSA) is 114 Å². The zero-order chi connectivity index (χ0) is 33.6. The molecule has 0 unspecified atom stereocenters. The lowest BCUT2D eigenvalue weighted by Gasteiger charge is -2.10. The van der Waals surface area contributed by atoms with Gasteiger partial charge in [0.25, 0.3) is 0 Å². The zero-order valence-corrected chi connectivity index (χ0v) is 28.3. The third-order valence-corrected chi connectivity index (χ3v) is 8.56. The van der Waals surface area contributed by atoms with Crippen molar-refractivity contribution in [2.75, 3.05) is 13.2 Å². The third-order valence-electron chi connectivity index (χ3n) is 7.08. The van der Waals surface area contributed by atoms with Crippen molar-refractivity contribution in [2.45, 2.75) is 25.7 Å². The van der Waals surface area contributed by atoms with E-state index < -0.39 is 10.0 Å². The van der Waals surface area contributed by atoms with Gasteiger partial charge in [-0.1, -0.05) is 40.9 Å². The molecule has 242 valence electrons. The van der Waals surface area contributed by atoms with Crippen LogP contribution < -0.4 is 14.6 Å². The number of halogens is 2. The summed E-state index contributed by atoms with van der Waals surface area (Å²) >= 11 is 12.6. The Balaban J connectivity index is 0.000000186. The largest absolute Gasteiger partial charge is 0.494 e. The highest BCUT2D eigenvalue weighted by molar-refractivity contribution is 7.89. The van der Waals surface area contributed by atoms with Crippen LogP contribution in [-0.4, -0.2) is 40.7 Å². The molecule has 6 rings (SSSR count). The first kappa shape index (κ1) is 33.7. The summed E-state index contributed by atoms with van der Waals surface area (Å²) in [6.45, 7) is 7.20. The fourth-order valence-electron chi connectivity index (χ4n) is 4.81. The van der Waals surface area contributed by atoms with Gasteiger partial charge in [0, 0.05) is 22.5 Å². The molecule has 0 radical (unpaired) electrons. The van der Waals surface area contributed by atoms with E-state index in [1.54, 1.807) is 29.4 Å². The first-order valence-electron chi connectivity index (χ1n) is 14.7. The van der Waals surface area contributed by atoms with Crippen LogP contribution in [0.5, 0.6) is 11.5 Å². The normalized spacial score (nSPS) is 11.1. The minimum absolute atomic E-state index is 0.0464. The third kappa shape index (κ3) is 8.04. The molecule has 0 aliphatic heterocycles. The zero-order valence-electron chi connectivity index (χ0n) is 26.0. The lowest BCUT2D eigenvalue weighted by atomic mass is 10.1. The fourth-order valence-corrected chi connectivity index (χ4v) is 5.82. The maximum Gasteiger partial charge on any atom is 0.238 e. The van der Waals surface area contributed by atoms with Crippen molar-refractivity contribution in [3.63, 3.8) is 0 Å². The minimum atomic E-state index is -3.73. The summed E-state index contributed by atoms with van der Waals surface area (Å²) in [4.78, 5) is 8.45. The molecule has 2 heterocycles. The van der Waals surface area contributed by atoms with Crippen LogP contribution in [0.15, 0.2) is 115 Å². The molecule has 0 spiro atoms. The van der Waals surface area contributed by atoms with Crippen LogP contribution >= 0.6 is 23.2 Å². The number of nitrogens with zero attached hydrogens (tertiary/aromatic N) is 4. The van der Waals surface area contributed by atoms with Crippen LogP contribution in [0.1, 0.15) is 19.4 Å². The van der Waals surface area contributed by atoms with Crippen molar-refractivity contribution in [1.29, 1.82) is 0 Å². The van der Waals surface area contributed by atoms with Crippen LogP contribution in [0.2, 0.25) is 10.3 Å². The summed E-state index contributed by atoms with van der Waals surface area (Å²) in [6.07, 6.45) is 3.33. The first-order chi connectivity index (χ1) is 22.6. The van der Waals surface area contributed by atoms with Gasteiger partial charge < -0.3 is 9.47 Å². The Morgan fingerprint density at radius 3 is 1.38 bits per heavy atom. The maximum absolute atomic E-state index is 11.4. The summed E-state index contributed by atoms with van der Waals surface area (Å²) in [5, 5.41) is 5.97. The Hall–Kier alpha value is -4.61. The second-order valence-corrected chi connectivity index (χ2v) is 12.6. The predicted molar refractivity (Wildman–Crippen MR) is 186 cm³/mol. The molecule has 47 heavy (non-hydrogen) atoms. The van der Waals surface area contributed by atoms with Gasteiger partial charge in [0.2, 0.25) is 10.0 Å². The SMILES string of the molecule is CCOc1ccc(-c2c(Cl)ncn2-c2ccc(C)cc2)cc1.CCOc1ccc(-c2c(Cl)ncn2-c2ccc(S(N)(=O)=O)cc2)cc1. The quantitative estimate of drug-likeness (QED) is 0.164. The van der Waals surface area contributed by atoms with E-state index in [1.165, 1.54) is 17.7 Å². The number of primary sulfonamides is 1. The number of nitrogens with two attached hydrogens (primary N) is 1. The van der Waals surface area contributed by atoms with Crippen LogP contribution in [0.3, 0.4) is 0 Å². The summed E-state index contributed by atoms with van der Waals surface area (Å²) in [7, 11) is -3.73. The molecule has 2 aromatic heterocycles. The van der Waals surface area contributed by atoms with Crippen molar-refractivity contribution in [1.82, 2.24) is 19.1 Å². The number of hydrogen-bond acceptors (Lipinski definition) is 6. The average molecular weight is 691 g/mol. The van der Waals surface area contributed by atoms with E-state index in [0.717, 1.165) is 39.7 Å². The van der Waals surface area contributed by atoms with Crippen LogP contribution in [0.4, 0.5) is 0 Å². The summed E-state index contributed by atoms with van der Waals surface area (Å²) < 4.78 is 37.5. The number of benzene rings is 4. The van der Waals surface area contributed by atoms with E-state index in [0.29, 0.717) is 29.2 Å². The van der Waals surface area contributed by atoms with Gasteiger partial charge in [-0.3, -0.25) is 9.13 Å². The van der Waals surface area contributed by atoms with Crippen molar-refractivity contribution in [2.24, 2.45) is 5.14 Å². The highest BCUT2D eigenvalue weighted by atomic mass is 35.5. The number of sulfonamides is 1. The molecule has 0 aliphatic carbocycles. The van der Waals surface area contributed by atoms with Crippen molar-refractivity contribution < 1.29 is 17.9 Å². The summed E-state index contributed by atoms with van der Waals surface area (Å²) in [6, 6.07) is 29.8. The van der Waals surface area contributed by atoms with Crippen molar-refractivity contribution in [3.05, 3.63) is 126 Å². The molecule has 6 aromatic rings. The van der Waals surface area contributed by atoms with E-state index in [1.807, 2.05) is 66.9 Å². The molecular weight excluding hydrogens is 657 g/mol. The highest BCUT2D eigenvalue weighted by Gasteiger charge is 2.15. The monoisotopic (exact) mass is 689 g/mol. The number of rotatable bonds is 9. The van der Waals surface area contributed by atoms with Gasteiger partial charge in [0.15, 0.2) is 10.3 Å². The van der Waals surface area contributed by atoms with Gasteiger partial charge in [-0.15, -0.1) is 0 Å². The highest BCUT2D eigenvalue weighted by Crippen LogP contribution is 2.32. The molecule has 0 atom stereocenters. The summed E-state index contributed by atoms with van der Waals surface area (Å²) in [5.74, 6) is 1.62. The molecule has 12 heteroatoms. The fraction of sp³-hybridized carbons (Fsp3) is 0.143. The van der Waals surface area contributed by atoms with Crippen LogP contribution in [0.25, 0.3) is 33.9 Å². The average Bonchev–Trinajstić information content (AvgIpc) is 3.65. The molecule has 0 aliphatic rings. The lowest BCUT2D eigenvalue weighted by Crippen LogP contribution is -2.12. The van der Waals surface area contributed by atoms with Crippen molar-refractivity contribution >= 4 is 33.2 Å². The van der Waals surface area contributed by atoms with E-state index in [-0.39, 0.29) is 4.90 Å². The lowest BCUT2D eigenvalue weighted by molar-refractivity contribution is 0.340. The van der Waals surface area contributed by atoms with Crippen LogP contribution in [0, 0.1) is 6.92 Å². The Kier molecular flexibility index (Phi) is 10.7. The Labute approximate surface area is 284 Å². The molecule has 0 saturated heterocycles. The molecule has 0 bridgehead atoms. The number of aromatic nitrogens is 4. The van der Waals surface area contributed by atoms with Gasteiger partial charge in [0.1, 0.15) is 24.2 Å². The summed E-state index contributed by atoms with van der Waals surface area (Å²) in [5.41, 5.74) is 6.43. The standard InChI is InChI=1S/C18H17ClN2O.C17H16ClN3O3S/c1-3-22-16-10-6-14(7-11-16)17-18(19)20-12-21(17)15-8-4-13(2)5-9-15;1-2-24-14-7-3-12(4-8-14)16-17(18)20-11-21(16)13-5-9-15(10-6-13)25(19,22)23/h4-12H,3H2,1-2H3;3-11H,2H2,1H3,(H2,19,22,23). The molecule has 0 fully saturated rings. The smallest absolute Gasteiger partial charge is 0.238 e. The number of imidazole rings is 2. The van der Waals surface area contributed by atoms with Gasteiger partial charge in [-0.25, -0.2) is 23.5 Å². The minimum Gasteiger partial charge on any atom is -0.494 e. The van der Waals surface area contributed by atoms with Gasteiger partial charge >= 0.3 is 0 Å². The second-order valence-electron chi connectivity index (χ2n) is 10.3. The van der Waals surface area contributed by atoms with Crippen molar-refractivity contribution in [3.8, 4) is 45.4 Å². The van der Waals surface area contributed by atoms with E-state index in [4.69, 9.17) is 37.8 Å². The first-order valence-corrected chi connectivity index (χ1v) is 17.0. The predicted octanol–water partition coefficient (Wildman–Crippen LogP) is 8.14. The maximum atomic E-state index is 11.4. The van der Waals surface area contributed by atoms with E-state index >= 15 is 0 Å². The van der Waals surface area contributed by atoms with Gasteiger partial charge in [-0.05, 0) is 106 Å². The molecule has 2 N–H and O–H groups in total.